The van der Waals surface area contributed by atoms with Gasteiger partial charge in [0, 0.05) is 5.56 Å². The number of alkyl halides is 1. The number of rotatable bonds is 4. The van der Waals surface area contributed by atoms with E-state index in [1.807, 2.05) is 24.3 Å². The summed E-state index contributed by atoms with van der Waals surface area (Å²) < 4.78 is 0. The van der Waals surface area contributed by atoms with Gasteiger partial charge in [0.1, 0.15) is 0 Å². The summed E-state index contributed by atoms with van der Waals surface area (Å²) in [5.41, 5.74) is 1.76. The first-order valence-electron chi connectivity index (χ1n) is 4.07. The fraction of sp³-hybridized carbons (Fsp3) is 0.182. The Morgan fingerprint density at radius 1 is 1.54 bits per heavy atom. The number of ketones is 1. The minimum absolute atomic E-state index is 0.0346. The van der Waals surface area contributed by atoms with Crippen LogP contribution in [0.4, 0.5) is 0 Å². The molecule has 0 amide bonds. The fourth-order valence-electron chi connectivity index (χ4n) is 1.12. The predicted octanol–water partition coefficient (Wildman–Crippen LogP) is 2.84. The molecule has 0 fully saturated rings. The molecule has 1 nitrogen and oxygen atoms in total. The quantitative estimate of drug-likeness (QED) is 0.409. The monoisotopic (exact) mass is 194 g/mol. The fourth-order valence-corrected chi connectivity index (χ4v) is 1.27. The smallest absolute Gasteiger partial charge is 0.177 e. The Bertz CT molecular complexity index is 318. The van der Waals surface area contributed by atoms with Crippen LogP contribution in [0, 0.1) is 0 Å². The van der Waals surface area contributed by atoms with Gasteiger partial charge in [0.25, 0.3) is 0 Å². The number of hydrogen-bond acceptors (Lipinski definition) is 1. The van der Waals surface area contributed by atoms with Gasteiger partial charge < -0.3 is 0 Å². The van der Waals surface area contributed by atoms with Crippen LogP contribution in [0.3, 0.4) is 0 Å². The van der Waals surface area contributed by atoms with Crippen molar-refractivity contribution in [2.45, 2.75) is 6.42 Å². The van der Waals surface area contributed by atoms with Gasteiger partial charge in [0.05, 0.1) is 5.88 Å². The molecular weight excluding hydrogens is 184 g/mol. The predicted molar refractivity (Wildman–Crippen MR) is 55.4 cm³/mol. The maximum Gasteiger partial charge on any atom is 0.177 e. The van der Waals surface area contributed by atoms with Crippen LogP contribution in [0.25, 0.3) is 0 Å². The number of benzene rings is 1. The number of carbonyl (C=O) groups is 1. The highest BCUT2D eigenvalue weighted by atomic mass is 35.5. The lowest BCUT2D eigenvalue weighted by Crippen LogP contribution is -2.00. The van der Waals surface area contributed by atoms with Crippen LogP contribution in [-0.4, -0.2) is 11.7 Å². The summed E-state index contributed by atoms with van der Waals surface area (Å²) in [7, 11) is 0. The van der Waals surface area contributed by atoms with Gasteiger partial charge in [0.2, 0.25) is 0 Å². The van der Waals surface area contributed by atoms with Crippen molar-refractivity contribution in [2.75, 3.05) is 5.88 Å². The minimum Gasteiger partial charge on any atom is -0.293 e. The van der Waals surface area contributed by atoms with Crippen LogP contribution in [0.2, 0.25) is 0 Å². The maximum absolute atomic E-state index is 11.2. The molecule has 0 N–H and O–H groups in total. The van der Waals surface area contributed by atoms with Gasteiger partial charge in [-0.3, -0.25) is 4.79 Å². The van der Waals surface area contributed by atoms with Crippen LogP contribution < -0.4 is 0 Å². The topological polar surface area (TPSA) is 17.1 Å². The molecule has 1 rings (SSSR count). The third-order valence-corrected chi connectivity index (χ3v) is 1.99. The summed E-state index contributed by atoms with van der Waals surface area (Å²) in [5.74, 6) is 0.00458. The van der Waals surface area contributed by atoms with Crippen molar-refractivity contribution in [3.63, 3.8) is 0 Å². The molecule has 0 saturated carbocycles. The van der Waals surface area contributed by atoms with E-state index in [9.17, 15) is 4.79 Å². The zero-order chi connectivity index (χ0) is 9.68. The van der Waals surface area contributed by atoms with Crippen LogP contribution in [0.1, 0.15) is 15.9 Å². The van der Waals surface area contributed by atoms with Crippen molar-refractivity contribution in [2.24, 2.45) is 0 Å². The zero-order valence-corrected chi connectivity index (χ0v) is 8.05. The number of halogens is 1. The third-order valence-electron chi connectivity index (χ3n) is 1.75. The van der Waals surface area contributed by atoms with Crippen LogP contribution in [-0.2, 0) is 6.42 Å². The minimum atomic E-state index is -0.0346. The highest BCUT2D eigenvalue weighted by Gasteiger charge is 2.03. The van der Waals surface area contributed by atoms with Crippen molar-refractivity contribution >= 4 is 17.4 Å². The molecule has 0 saturated heterocycles. The molecule has 0 atom stereocenters. The van der Waals surface area contributed by atoms with Gasteiger partial charge in [-0.2, -0.15) is 0 Å². The van der Waals surface area contributed by atoms with E-state index in [2.05, 4.69) is 6.58 Å². The van der Waals surface area contributed by atoms with Crippen molar-refractivity contribution in [3.05, 3.63) is 48.0 Å². The summed E-state index contributed by atoms with van der Waals surface area (Å²) in [5, 5.41) is 0. The average molecular weight is 195 g/mol. The summed E-state index contributed by atoms with van der Waals surface area (Å²) in [6.45, 7) is 3.64. The van der Waals surface area contributed by atoms with E-state index < -0.39 is 0 Å². The lowest BCUT2D eigenvalue weighted by atomic mass is 10.1. The van der Waals surface area contributed by atoms with E-state index in [-0.39, 0.29) is 11.7 Å². The molecule has 1 aromatic carbocycles. The normalized spacial score (nSPS) is 9.62. The Hall–Kier alpha value is -1.08. The molecule has 13 heavy (non-hydrogen) atoms. The van der Waals surface area contributed by atoms with Crippen LogP contribution in [0.5, 0.6) is 0 Å². The second kappa shape index (κ2) is 4.83. The first-order valence-corrected chi connectivity index (χ1v) is 4.60. The molecule has 0 heterocycles. The Balaban J connectivity index is 2.90. The van der Waals surface area contributed by atoms with Crippen molar-refractivity contribution < 1.29 is 4.79 Å². The highest BCUT2D eigenvalue weighted by Crippen LogP contribution is 2.07. The Kier molecular flexibility index (Phi) is 3.71. The Labute approximate surface area is 83.0 Å². The molecule has 0 unspecified atom stereocenters. The molecule has 0 radical (unpaired) electrons. The number of carbonyl (C=O) groups excluding carboxylic acids is 1. The Morgan fingerprint density at radius 3 is 2.92 bits per heavy atom. The first kappa shape index (κ1) is 10.0. The highest BCUT2D eigenvalue weighted by molar-refractivity contribution is 6.30. The standard InChI is InChI=1S/C11H11ClO/c1-2-4-9-5-3-6-10(7-9)11(13)8-12/h2-3,5-7H,1,4,8H2. The lowest BCUT2D eigenvalue weighted by Gasteiger charge is -2.00. The van der Waals surface area contributed by atoms with Gasteiger partial charge in [-0.25, -0.2) is 0 Å². The van der Waals surface area contributed by atoms with E-state index in [0.29, 0.717) is 5.56 Å². The first-order chi connectivity index (χ1) is 6.27. The van der Waals surface area contributed by atoms with Gasteiger partial charge in [-0.05, 0) is 18.1 Å². The van der Waals surface area contributed by atoms with E-state index in [1.165, 1.54) is 0 Å². The summed E-state index contributed by atoms with van der Waals surface area (Å²) >= 11 is 5.45. The average Bonchev–Trinajstić information content (AvgIpc) is 2.18. The molecule has 1 aromatic rings. The molecule has 0 aromatic heterocycles. The van der Waals surface area contributed by atoms with Crippen molar-refractivity contribution in [1.29, 1.82) is 0 Å². The zero-order valence-electron chi connectivity index (χ0n) is 7.29. The van der Waals surface area contributed by atoms with Gasteiger partial charge in [-0.15, -0.1) is 18.2 Å². The van der Waals surface area contributed by atoms with Crippen molar-refractivity contribution in [1.82, 2.24) is 0 Å². The van der Waals surface area contributed by atoms with Crippen molar-refractivity contribution in [3.8, 4) is 0 Å². The molecule has 0 bridgehead atoms. The van der Waals surface area contributed by atoms with E-state index in [4.69, 9.17) is 11.6 Å². The Morgan fingerprint density at radius 2 is 2.31 bits per heavy atom. The molecule has 68 valence electrons. The number of Topliss-reactive ketones (excluding diaryl/α,β-unsaturated/α-hetero) is 1. The third kappa shape index (κ3) is 2.71. The van der Waals surface area contributed by atoms with Gasteiger partial charge >= 0.3 is 0 Å². The molecule has 0 spiro atoms. The summed E-state index contributed by atoms with van der Waals surface area (Å²) in [6.07, 6.45) is 2.59. The molecular formula is C11H11ClO. The van der Waals surface area contributed by atoms with E-state index in [1.54, 1.807) is 6.07 Å². The van der Waals surface area contributed by atoms with E-state index >= 15 is 0 Å². The molecule has 0 aliphatic heterocycles. The lowest BCUT2D eigenvalue weighted by molar-refractivity contribution is 0.102. The molecule has 2 heteroatoms. The number of hydrogen-bond donors (Lipinski definition) is 0. The largest absolute Gasteiger partial charge is 0.293 e. The molecule has 0 aliphatic rings. The number of allylic oxidation sites excluding steroid dienone is 1. The SMILES string of the molecule is C=CCc1cccc(C(=O)CCl)c1. The van der Waals surface area contributed by atoms with E-state index in [0.717, 1.165) is 12.0 Å². The van der Waals surface area contributed by atoms with Crippen LogP contribution in [0.15, 0.2) is 36.9 Å². The summed E-state index contributed by atoms with van der Waals surface area (Å²) in [6, 6.07) is 7.45. The van der Waals surface area contributed by atoms with Gasteiger partial charge in [0.15, 0.2) is 5.78 Å². The second-order valence-electron chi connectivity index (χ2n) is 2.75. The maximum atomic E-state index is 11.2. The summed E-state index contributed by atoms with van der Waals surface area (Å²) in [4.78, 5) is 11.2. The van der Waals surface area contributed by atoms with Gasteiger partial charge in [-0.1, -0.05) is 24.3 Å². The van der Waals surface area contributed by atoms with Crippen LogP contribution >= 0.6 is 11.6 Å². The molecule has 0 aliphatic carbocycles. The second-order valence-corrected chi connectivity index (χ2v) is 3.02.